The summed E-state index contributed by atoms with van der Waals surface area (Å²) < 4.78 is 0. The van der Waals surface area contributed by atoms with E-state index in [9.17, 15) is 4.79 Å². The summed E-state index contributed by atoms with van der Waals surface area (Å²) in [6.07, 6.45) is 3.79. The van der Waals surface area contributed by atoms with Crippen LogP contribution in [-0.4, -0.2) is 17.4 Å². The van der Waals surface area contributed by atoms with Gasteiger partial charge in [0.2, 0.25) is 0 Å². The van der Waals surface area contributed by atoms with E-state index in [2.05, 4.69) is 17.2 Å². The number of hydrogen-bond acceptors (Lipinski definition) is 1. The fourth-order valence-electron chi connectivity index (χ4n) is 1.75. The zero-order valence-electron chi connectivity index (χ0n) is 9.72. The fraction of sp³-hybridized carbons (Fsp3) is 0.308. The Hall–Kier alpha value is -1.48. The molecule has 0 spiro atoms. The standard InChI is InChI=1S/C13H15ClN2O/c1-2-3-6-15-13(17)11-8-16-12-5-4-9(14)7-10(11)12/h4-5,7-8,16H,2-3,6H2,1H3,(H,15,17). The summed E-state index contributed by atoms with van der Waals surface area (Å²) in [5, 5.41) is 4.40. The molecule has 1 amide bonds. The summed E-state index contributed by atoms with van der Waals surface area (Å²) in [6.45, 7) is 2.81. The molecule has 2 N–H and O–H groups in total. The Morgan fingerprint density at radius 2 is 2.29 bits per heavy atom. The van der Waals surface area contributed by atoms with Crippen LogP contribution in [0.4, 0.5) is 0 Å². The third kappa shape index (κ3) is 2.61. The van der Waals surface area contributed by atoms with Gasteiger partial charge in [-0.1, -0.05) is 24.9 Å². The van der Waals surface area contributed by atoms with E-state index in [1.54, 1.807) is 12.3 Å². The second-order valence-corrected chi connectivity index (χ2v) is 4.44. The highest BCUT2D eigenvalue weighted by molar-refractivity contribution is 6.31. The average Bonchev–Trinajstić information content (AvgIpc) is 2.72. The maximum absolute atomic E-state index is 11.9. The van der Waals surface area contributed by atoms with Crippen molar-refractivity contribution in [3.63, 3.8) is 0 Å². The van der Waals surface area contributed by atoms with Gasteiger partial charge < -0.3 is 10.3 Å². The average molecular weight is 251 g/mol. The highest BCUT2D eigenvalue weighted by Gasteiger charge is 2.11. The molecule has 0 aliphatic heterocycles. The molecule has 0 aliphatic carbocycles. The normalized spacial score (nSPS) is 10.7. The number of carbonyl (C=O) groups excluding carboxylic acids is 1. The van der Waals surface area contributed by atoms with Gasteiger partial charge in [-0.3, -0.25) is 4.79 Å². The lowest BCUT2D eigenvalue weighted by Gasteiger charge is -2.02. The Morgan fingerprint density at radius 3 is 3.06 bits per heavy atom. The fourth-order valence-corrected chi connectivity index (χ4v) is 1.93. The van der Waals surface area contributed by atoms with E-state index in [0.717, 1.165) is 23.7 Å². The van der Waals surface area contributed by atoms with Gasteiger partial charge in [0.05, 0.1) is 5.56 Å². The zero-order chi connectivity index (χ0) is 12.3. The molecule has 0 saturated carbocycles. The van der Waals surface area contributed by atoms with Crippen LogP contribution in [0.5, 0.6) is 0 Å². The van der Waals surface area contributed by atoms with Crippen LogP contribution < -0.4 is 5.32 Å². The summed E-state index contributed by atoms with van der Waals surface area (Å²) in [7, 11) is 0. The predicted molar refractivity (Wildman–Crippen MR) is 70.5 cm³/mol. The summed E-state index contributed by atoms with van der Waals surface area (Å²) >= 11 is 5.93. The second-order valence-electron chi connectivity index (χ2n) is 4.00. The summed E-state index contributed by atoms with van der Waals surface area (Å²) in [4.78, 5) is 15.0. The lowest BCUT2D eigenvalue weighted by Crippen LogP contribution is -2.23. The molecule has 3 nitrogen and oxygen atoms in total. The third-order valence-corrected chi connectivity index (χ3v) is 2.94. The van der Waals surface area contributed by atoms with Crippen LogP contribution >= 0.6 is 11.6 Å². The highest BCUT2D eigenvalue weighted by Crippen LogP contribution is 2.22. The minimum absolute atomic E-state index is 0.0491. The molecule has 0 bridgehead atoms. The van der Waals surface area contributed by atoms with Gasteiger partial charge in [-0.05, 0) is 24.6 Å². The number of unbranched alkanes of at least 4 members (excludes halogenated alkanes) is 1. The highest BCUT2D eigenvalue weighted by atomic mass is 35.5. The van der Waals surface area contributed by atoms with Crippen LogP contribution in [0.3, 0.4) is 0 Å². The van der Waals surface area contributed by atoms with Crippen molar-refractivity contribution in [3.8, 4) is 0 Å². The van der Waals surface area contributed by atoms with E-state index in [1.807, 2.05) is 12.1 Å². The largest absolute Gasteiger partial charge is 0.360 e. The Kier molecular flexibility index (Phi) is 3.69. The maximum Gasteiger partial charge on any atom is 0.253 e. The molecule has 0 radical (unpaired) electrons. The molecule has 0 fully saturated rings. The number of aromatic nitrogens is 1. The Balaban J connectivity index is 2.23. The molecule has 17 heavy (non-hydrogen) atoms. The number of amides is 1. The topological polar surface area (TPSA) is 44.9 Å². The van der Waals surface area contributed by atoms with Crippen molar-refractivity contribution in [1.82, 2.24) is 10.3 Å². The Morgan fingerprint density at radius 1 is 1.47 bits per heavy atom. The minimum Gasteiger partial charge on any atom is -0.360 e. The van der Waals surface area contributed by atoms with Gasteiger partial charge in [0.1, 0.15) is 0 Å². The first-order chi connectivity index (χ1) is 8.22. The van der Waals surface area contributed by atoms with E-state index >= 15 is 0 Å². The lowest BCUT2D eigenvalue weighted by atomic mass is 10.1. The van der Waals surface area contributed by atoms with E-state index in [1.165, 1.54) is 0 Å². The quantitative estimate of drug-likeness (QED) is 0.803. The van der Waals surface area contributed by atoms with Crippen LogP contribution in [0.15, 0.2) is 24.4 Å². The van der Waals surface area contributed by atoms with Gasteiger partial charge in [0.25, 0.3) is 5.91 Å². The van der Waals surface area contributed by atoms with Gasteiger partial charge in [-0.15, -0.1) is 0 Å². The number of carbonyl (C=O) groups is 1. The van der Waals surface area contributed by atoms with Gasteiger partial charge in [0, 0.05) is 28.7 Å². The predicted octanol–water partition coefficient (Wildman–Crippen LogP) is 3.35. The van der Waals surface area contributed by atoms with Crippen molar-refractivity contribution in [2.24, 2.45) is 0 Å². The van der Waals surface area contributed by atoms with Crippen LogP contribution in [0.1, 0.15) is 30.1 Å². The maximum atomic E-state index is 11.9. The van der Waals surface area contributed by atoms with E-state index in [-0.39, 0.29) is 5.91 Å². The lowest BCUT2D eigenvalue weighted by molar-refractivity contribution is 0.0955. The third-order valence-electron chi connectivity index (χ3n) is 2.70. The molecule has 0 unspecified atom stereocenters. The van der Waals surface area contributed by atoms with Gasteiger partial charge in [-0.25, -0.2) is 0 Å². The number of hydrogen-bond donors (Lipinski definition) is 2. The first-order valence-electron chi connectivity index (χ1n) is 5.77. The number of aromatic amines is 1. The van der Waals surface area contributed by atoms with Gasteiger partial charge in [-0.2, -0.15) is 0 Å². The molecule has 1 aromatic heterocycles. The molecule has 0 saturated heterocycles. The molecule has 2 aromatic rings. The van der Waals surface area contributed by atoms with Crippen LogP contribution in [0.25, 0.3) is 10.9 Å². The minimum atomic E-state index is -0.0491. The van der Waals surface area contributed by atoms with Crippen molar-refractivity contribution in [2.45, 2.75) is 19.8 Å². The van der Waals surface area contributed by atoms with Crippen LogP contribution in [-0.2, 0) is 0 Å². The molecule has 1 aromatic carbocycles. The smallest absolute Gasteiger partial charge is 0.253 e. The molecule has 0 aliphatic rings. The summed E-state index contributed by atoms with van der Waals surface area (Å²) in [6, 6.07) is 5.49. The van der Waals surface area contributed by atoms with Crippen molar-refractivity contribution in [1.29, 1.82) is 0 Å². The number of benzene rings is 1. The molecule has 0 atom stereocenters. The zero-order valence-corrected chi connectivity index (χ0v) is 10.5. The number of nitrogens with one attached hydrogen (secondary N) is 2. The molecule has 2 rings (SSSR count). The molecular formula is C13H15ClN2O. The number of H-pyrrole nitrogens is 1. The van der Waals surface area contributed by atoms with Crippen molar-refractivity contribution >= 4 is 28.4 Å². The van der Waals surface area contributed by atoms with Gasteiger partial charge in [0.15, 0.2) is 0 Å². The van der Waals surface area contributed by atoms with Crippen molar-refractivity contribution in [3.05, 3.63) is 35.0 Å². The summed E-state index contributed by atoms with van der Waals surface area (Å²) in [5.41, 5.74) is 1.58. The molecule has 90 valence electrons. The number of halogens is 1. The van der Waals surface area contributed by atoms with E-state index < -0.39 is 0 Å². The van der Waals surface area contributed by atoms with E-state index in [0.29, 0.717) is 17.1 Å². The monoisotopic (exact) mass is 250 g/mol. The Bertz CT molecular complexity index is 533. The molecule has 1 heterocycles. The second kappa shape index (κ2) is 5.23. The van der Waals surface area contributed by atoms with Crippen LogP contribution in [0.2, 0.25) is 5.02 Å². The van der Waals surface area contributed by atoms with E-state index in [4.69, 9.17) is 11.6 Å². The number of rotatable bonds is 4. The summed E-state index contributed by atoms with van der Waals surface area (Å²) in [5.74, 6) is -0.0491. The first-order valence-corrected chi connectivity index (χ1v) is 6.15. The molecular weight excluding hydrogens is 236 g/mol. The number of fused-ring (bicyclic) bond motifs is 1. The van der Waals surface area contributed by atoms with Gasteiger partial charge >= 0.3 is 0 Å². The van der Waals surface area contributed by atoms with Crippen molar-refractivity contribution in [2.75, 3.05) is 6.54 Å². The van der Waals surface area contributed by atoms with Crippen molar-refractivity contribution < 1.29 is 4.79 Å². The molecule has 4 heteroatoms. The van der Waals surface area contributed by atoms with Crippen LogP contribution in [0, 0.1) is 0 Å². The SMILES string of the molecule is CCCCNC(=O)c1c[nH]c2ccc(Cl)cc12. The first kappa shape index (κ1) is 12.0. The Labute approximate surface area is 105 Å².